The third-order valence-corrected chi connectivity index (χ3v) is 5.81. The van der Waals surface area contributed by atoms with Crippen LogP contribution in [0.2, 0.25) is 0 Å². The van der Waals surface area contributed by atoms with E-state index in [0.717, 1.165) is 45.1 Å². The highest BCUT2D eigenvalue weighted by atomic mass is 19.1. The van der Waals surface area contributed by atoms with E-state index in [1.807, 2.05) is 0 Å². The topological polar surface area (TPSA) is 47.4 Å². The predicted molar refractivity (Wildman–Crippen MR) is 98.7 cm³/mol. The Kier molecular flexibility index (Phi) is 5.31. The van der Waals surface area contributed by atoms with Gasteiger partial charge in [0.2, 0.25) is 0 Å². The van der Waals surface area contributed by atoms with Crippen molar-refractivity contribution in [2.75, 3.05) is 32.8 Å². The Morgan fingerprint density at radius 3 is 2.58 bits per heavy atom. The fraction of sp³-hybridized carbons (Fsp3) is 0.600. The Morgan fingerprint density at radius 1 is 1.08 bits per heavy atom. The second kappa shape index (κ2) is 7.84. The van der Waals surface area contributed by atoms with Gasteiger partial charge in [-0.3, -0.25) is 9.36 Å². The largest absolute Gasteiger partial charge is 0.381 e. The smallest absolute Gasteiger partial charge is 0.261 e. The van der Waals surface area contributed by atoms with Gasteiger partial charge in [-0.1, -0.05) is 0 Å². The lowest BCUT2D eigenvalue weighted by atomic mass is 9.94. The number of ether oxygens (including phenoxy) is 1. The molecule has 2 fully saturated rings. The van der Waals surface area contributed by atoms with Crippen LogP contribution in [0.1, 0.15) is 25.7 Å². The van der Waals surface area contributed by atoms with Crippen molar-refractivity contribution in [2.45, 2.75) is 32.2 Å². The predicted octanol–water partition coefficient (Wildman–Crippen LogP) is 2.67. The van der Waals surface area contributed by atoms with Gasteiger partial charge < -0.3 is 9.64 Å². The zero-order valence-electron chi connectivity index (χ0n) is 15.1. The molecule has 5 nitrogen and oxygen atoms in total. The van der Waals surface area contributed by atoms with Crippen LogP contribution < -0.4 is 5.56 Å². The number of fused-ring (bicyclic) bond motifs is 1. The number of likely N-dealkylation sites (tertiary alicyclic amines) is 1. The molecule has 0 radical (unpaired) electrons. The van der Waals surface area contributed by atoms with E-state index in [9.17, 15) is 9.18 Å². The van der Waals surface area contributed by atoms with Crippen molar-refractivity contribution in [3.8, 4) is 0 Å². The first-order chi connectivity index (χ1) is 12.7. The molecular formula is C20H26FN3O2. The van der Waals surface area contributed by atoms with Crippen molar-refractivity contribution in [1.82, 2.24) is 14.5 Å². The number of aromatic nitrogens is 2. The summed E-state index contributed by atoms with van der Waals surface area (Å²) in [4.78, 5) is 19.4. The van der Waals surface area contributed by atoms with E-state index in [4.69, 9.17) is 4.74 Å². The standard InChI is InChI=1S/C20H26FN3O2/c21-17-1-2-18-19(11-17)22-14-24(20(18)25)13-15-3-7-23(8-4-15)12-16-5-9-26-10-6-16/h1-2,11,14-16H,3-10,12-13H2. The molecule has 140 valence electrons. The van der Waals surface area contributed by atoms with Crippen molar-refractivity contribution < 1.29 is 9.13 Å². The highest BCUT2D eigenvalue weighted by Crippen LogP contribution is 2.22. The van der Waals surface area contributed by atoms with Gasteiger partial charge >= 0.3 is 0 Å². The molecule has 2 saturated heterocycles. The van der Waals surface area contributed by atoms with Gasteiger partial charge in [-0.25, -0.2) is 9.37 Å². The van der Waals surface area contributed by atoms with Crippen molar-refractivity contribution in [3.05, 3.63) is 40.7 Å². The van der Waals surface area contributed by atoms with Crippen molar-refractivity contribution in [2.24, 2.45) is 11.8 Å². The molecule has 1 aromatic carbocycles. The lowest BCUT2D eigenvalue weighted by Gasteiger charge is -2.35. The van der Waals surface area contributed by atoms with Crippen molar-refractivity contribution >= 4 is 10.9 Å². The summed E-state index contributed by atoms with van der Waals surface area (Å²) >= 11 is 0. The summed E-state index contributed by atoms with van der Waals surface area (Å²) in [6.07, 6.45) is 6.14. The average Bonchev–Trinajstić information content (AvgIpc) is 2.66. The maximum Gasteiger partial charge on any atom is 0.261 e. The Bertz CT molecular complexity index is 808. The molecule has 0 saturated carbocycles. The summed E-state index contributed by atoms with van der Waals surface area (Å²) in [5, 5.41) is 0.492. The van der Waals surface area contributed by atoms with Crippen LogP contribution in [0.3, 0.4) is 0 Å². The molecule has 0 aliphatic carbocycles. The van der Waals surface area contributed by atoms with Crippen LogP contribution in [0.4, 0.5) is 4.39 Å². The molecule has 26 heavy (non-hydrogen) atoms. The summed E-state index contributed by atoms with van der Waals surface area (Å²) in [6.45, 7) is 5.89. The van der Waals surface area contributed by atoms with E-state index in [2.05, 4.69) is 9.88 Å². The quantitative estimate of drug-likeness (QED) is 0.842. The lowest BCUT2D eigenvalue weighted by molar-refractivity contribution is 0.0461. The molecule has 2 aliphatic rings. The summed E-state index contributed by atoms with van der Waals surface area (Å²) in [5.41, 5.74) is 0.358. The van der Waals surface area contributed by atoms with Crippen LogP contribution in [0, 0.1) is 17.7 Å². The Labute approximate surface area is 152 Å². The van der Waals surface area contributed by atoms with Gasteiger partial charge in [-0.05, 0) is 62.7 Å². The first-order valence-corrected chi connectivity index (χ1v) is 9.64. The summed E-state index contributed by atoms with van der Waals surface area (Å²) in [5.74, 6) is 0.908. The zero-order chi connectivity index (χ0) is 17.9. The molecule has 0 bridgehead atoms. The average molecular weight is 359 g/mol. The van der Waals surface area contributed by atoms with Crippen molar-refractivity contribution in [3.63, 3.8) is 0 Å². The maximum atomic E-state index is 13.3. The Hall–Kier alpha value is -1.79. The monoisotopic (exact) mass is 359 g/mol. The highest BCUT2D eigenvalue weighted by molar-refractivity contribution is 5.77. The van der Waals surface area contributed by atoms with E-state index in [-0.39, 0.29) is 11.4 Å². The van der Waals surface area contributed by atoms with Crippen LogP contribution in [0.15, 0.2) is 29.3 Å². The molecular weight excluding hydrogens is 333 g/mol. The molecule has 2 aliphatic heterocycles. The number of piperidine rings is 1. The minimum atomic E-state index is -0.362. The molecule has 0 unspecified atom stereocenters. The SMILES string of the molecule is O=c1c2ccc(F)cc2ncn1CC1CCN(CC2CCOCC2)CC1. The number of hydrogen-bond acceptors (Lipinski definition) is 4. The fourth-order valence-corrected chi connectivity index (χ4v) is 4.19. The van der Waals surface area contributed by atoms with E-state index >= 15 is 0 Å². The second-order valence-electron chi connectivity index (χ2n) is 7.66. The van der Waals surface area contributed by atoms with Gasteiger partial charge in [-0.15, -0.1) is 0 Å². The minimum Gasteiger partial charge on any atom is -0.381 e. The summed E-state index contributed by atoms with van der Waals surface area (Å²) in [7, 11) is 0. The first-order valence-electron chi connectivity index (χ1n) is 9.64. The molecule has 6 heteroatoms. The third-order valence-electron chi connectivity index (χ3n) is 5.81. The van der Waals surface area contributed by atoms with E-state index < -0.39 is 0 Å². The van der Waals surface area contributed by atoms with Gasteiger partial charge in [0.25, 0.3) is 5.56 Å². The first kappa shape index (κ1) is 17.6. The van der Waals surface area contributed by atoms with Gasteiger partial charge in [-0.2, -0.15) is 0 Å². The van der Waals surface area contributed by atoms with E-state index in [1.54, 1.807) is 10.9 Å². The van der Waals surface area contributed by atoms with Crippen molar-refractivity contribution in [1.29, 1.82) is 0 Å². The van der Waals surface area contributed by atoms with Crippen LogP contribution >= 0.6 is 0 Å². The zero-order valence-corrected chi connectivity index (χ0v) is 15.1. The van der Waals surface area contributed by atoms with Gasteiger partial charge in [0.1, 0.15) is 5.82 Å². The van der Waals surface area contributed by atoms with Gasteiger partial charge in [0.05, 0.1) is 17.2 Å². The van der Waals surface area contributed by atoms with Crippen LogP contribution in [-0.2, 0) is 11.3 Å². The van der Waals surface area contributed by atoms with Crippen LogP contribution in [0.25, 0.3) is 10.9 Å². The molecule has 0 atom stereocenters. The van der Waals surface area contributed by atoms with Gasteiger partial charge in [0, 0.05) is 32.4 Å². The molecule has 3 heterocycles. The highest BCUT2D eigenvalue weighted by Gasteiger charge is 2.23. The van der Waals surface area contributed by atoms with Crippen LogP contribution in [0.5, 0.6) is 0 Å². The molecule has 0 N–H and O–H groups in total. The summed E-state index contributed by atoms with van der Waals surface area (Å²) in [6, 6.07) is 4.17. The number of rotatable bonds is 4. The Morgan fingerprint density at radius 2 is 1.81 bits per heavy atom. The van der Waals surface area contributed by atoms with E-state index in [0.29, 0.717) is 23.4 Å². The van der Waals surface area contributed by atoms with E-state index in [1.165, 1.54) is 37.6 Å². The molecule has 2 aromatic rings. The molecule has 1 aromatic heterocycles. The Balaban J connectivity index is 1.35. The van der Waals surface area contributed by atoms with Crippen LogP contribution in [-0.4, -0.2) is 47.3 Å². The number of nitrogens with zero attached hydrogens (tertiary/aromatic N) is 3. The molecule has 0 spiro atoms. The lowest BCUT2D eigenvalue weighted by Crippen LogP contribution is -2.40. The van der Waals surface area contributed by atoms with Gasteiger partial charge in [0.15, 0.2) is 0 Å². The number of hydrogen-bond donors (Lipinski definition) is 0. The second-order valence-corrected chi connectivity index (χ2v) is 7.66. The minimum absolute atomic E-state index is 0.0698. The normalized spacial score (nSPS) is 20.7. The third kappa shape index (κ3) is 3.96. The maximum absolute atomic E-state index is 13.3. The summed E-state index contributed by atoms with van der Waals surface area (Å²) < 4.78 is 20.4. The molecule has 0 amide bonds. The fourth-order valence-electron chi connectivity index (χ4n) is 4.19. The number of halogens is 1. The molecule has 4 rings (SSSR count). The number of benzene rings is 1.